The van der Waals surface area contributed by atoms with Crippen molar-refractivity contribution in [3.8, 4) is 0 Å². The smallest absolute Gasteiger partial charge is 0.408 e. The third-order valence-electron chi connectivity index (χ3n) is 2.04. The van der Waals surface area contributed by atoms with Crippen molar-refractivity contribution in [1.29, 1.82) is 0 Å². The molecule has 0 spiro atoms. The van der Waals surface area contributed by atoms with Gasteiger partial charge in [0.25, 0.3) is 0 Å². The molecule has 0 rings (SSSR count). The summed E-state index contributed by atoms with van der Waals surface area (Å²) >= 11 is 0. The highest BCUT2D eigenvalue weighted by molar-refractivity contribution is 5.75. The summed E-state index contributed by atoms with van der Waals surface area (Å²) in [6.45, 7) is 9.11. The lowest BCUT2D eigenvalue weighted by atomic mass is 10.1. The van der Waals surface area contributed by atoms with Crippen LogP contribution >= 0.6 is 0 Å². The molecule has 1 unspecified atom stereocenters. The second-order valence-electron chi connectivity index (χ2n) is 5.14. The van der Waals surface area contributed by atoms with Crippen molar-refractivity contribution < 1.29 is 14.6 Å². The number of aliphatic hydroxyl groups is 1. The number of aliphatic hydroxyl groups excluding tert-OH is 1. The van der Waals surface area contributed by atoms with E-state index in [0.29, 0.717) is 19.4 Å². The Morgan fingerprint density at radius 3 is 2.47 bits per heavy atom. The zero-order valence-electron chi connectivity index (χ0n) is 11.8. The van der Waals surface area contributed by atoms with Crippen LogP contribution in [0.15, 0.2) is 17.3 Å². The number of guanidine groups is 1. The maximum atomic E-state index is 11.6. The van der Waals surface area contributed by atoms with E-state index in [9.17, 15) is 9.90 Å². The van der Waals surface area contributed by atoms with Crippen LogP contribution in [0, 0.1) is 0 Å². The lowest BCUT2D eigenvalue weighted by Crippen LogP contribution is -2.40. The number of hydrogen-bond acceptors (Lipinski definition) is 4. The quantitative estimate of drug-likeness (QED) is 0.249. The van der Waals surface area contributed by atoms with Gasteiger partial charge in [0, 0.05) is 6.54 Å². The molecule has 0 aromatic carbocycles. The summed E-state index contributed by atoms with van der Waals surface area (Å²) < 4.78 is 5.09. The largest absolute Gasteiger partial charge is 0.511 e. The van der Waals surface area contributed by atoms with E-state index < -0.39 is 17.7 Å². The third-order valence-corrected chi connectivity index (χ3v) is 2.04. The van der Waals surface area contributed by atoms with Crippen LogP contribution in [0.3, 0.4) is 0 Å². The first-order valence-electron chi connectivity index (χ1n) is 6.04. The standard InChI is InChI=1S/C12H24N4O3/c1-8(17)9(6-5-7-15-10(13)14)16-11(18)19-12(2,3)4/h9,17H,1,5-7H2,2-4H3,(H,16,18)(H4,13,14,15). The fourth-order valence-corrected chi connectivity index (χ4v) is 1.28. The van der Waals surface area contributed by atoms with Crippen LogP contribution in [-0.2, 0) is 4.74 Å². The predicted molar refractivity (Wildman–Crippen MR) is 74.8 cm³/mol. The molecule has 0 saturated heterocycles. The van der Waals surface area contributed by atoms with E-state index in [-0.39, 0.29) is 11.7 Å². The lowest BCUT2D eigenvalue weighted by Gasteiger charge is -2.23. The number of nitrogens with zero attached hydrogens (tertiary/aromatic N) is 1. The monoisotopic (exact) mass is 272 g/mol. The van der Waals surface area contributed by atoms with Crippen LogP contribution in [-0.4, -0.2) is 35.3 Å². The fraction of sp³-hybridized carbons (Fsp3) is 0.667. The van der Waals surface area contributed by atoms with Crippen LogP contribution in [0.1, 0.15) is 33.6 Å². The highest BCUT2D eigenvalue weighted by atomic mass is 16.6. The molecule has 0 bridgehead atoms. The van der Waals surface area contributed by atoms with E-state index in [1.165, 1.54) is 0 Å². The minimum absolute atomic E-state index is 0.0134. The Balaban J connectivity index is 4.23. The second kappa shape index (κ2) is 7.50. The molecule has 0 aromatic heterocycles. The average Bonchev–Trinajstić information content (AvgIpc) is 2.19. The first-order chi connectivity index (χ1) is 8.61. The van der Waals surface area contributed by atoms with Crippen LogP contribution < -0.4 is 16.8 Å². The first-order valence-corrected chi connectivity index (χ1v) is 6.04. The number of carbonyl (C=O) groups excluding carboxylic acids is 1. The molecule has 0 radical (unpaired) electrons. The van der Waals surface area contributed by atoms with Gasteiger partial charge in [0.2, 0.25) is 0 Å². The van der Waals surface area contributed by atoms with E-state index in [4.69, 9.17) is 16.2 Å². The molecule has 0 aliphatic carbocycles. The zero-order chi connectivity index (χ0) is 15.1. The van der Waals surface area contributed by atoms with Gasteiger partial charge in [-0.15, -0.1) is 0 Å². The van der Waals surface area contributed by atoms with Crippen molar-refractivity contribution in [2.24, 2.45) is 16.5 Å². The summed E-state index contributed by atoms with van der Waals surface area (Å²) in [4.78, 5) is 15.4. The minimum Gasteiger partial charge on any atom is -0.511 e. The lowest BCUT2D eigenvalue weighted by molar-refractivity contribution is 0.0498. The molecule has 19 heavy (non-hydrogen) atoms. The molecule has 0 aliphatic heterocycles. The molecule has 0 aromatic rings. The van der Waals surface area contributed by atoms with Gasteiger partial charge >= 0.3 is 6.09 Å². The number of hydrogen-bond donors (Lipinski definition) is 4. The molecule has 6 N–H and O–H groups in total. The molecule has 7 nitrogen and oxygen atoms in total. The number of amides is 1. The summed E-state index contributed by atoms with van der Waals surface area (Å²) in [5.74, 6) is -0.116. The Labute approximate surface area is 113 Å². The molecule has 110 valence electrons. The van der Waals surface area contributed by atoms with Gasteiger partial charge in [0.05, 0.1) is 6.04 Å². The van der Waals surface area contributed by atoms with Crippen molar-refractivity contribution in [3.63, 3.8) is 0 Å². The predicted octanol–water partition coefficient (Wildman–Crippen LogP) is 1.00. The Morgan fingerprint density at radius 2 is 2.05 bits per heavy atom. The molecular weight excluding hydrogens is 248 g/mol. The Kier molecular flexibility index (Phi) is 6.74. The highest BCUT2D eigenvalue weighted by Gasteiger charge is 2.20. The van der Waals surface area contributed by atoms with E-state index in [0.717, 1.165) is 0 Å². The summed E-state index contributed by atoms with van der Waals surface area (Å²) in [6.07, 6.45) is 0.457. The van der Waals surface area contributed by atoms with Crippen LogP contribution in [0.4, 0.5) is 4.79 Å². The number of alkyl carbamates (subject to hydrolysis) is 1. The van der Waals surface area contributed by atoms with Crippen LogP contribution in [0.25, 0.3) is 0 Å². The molecule has 7 heteroatoms. The van der Waals surface area contributed by atoms with Gasteiger partial charge in [0.1, 0.15) is 11.4 Å². The summed E-state index contributed by atoms with van der Waals surface area (Å²) in [5, 5.41) is 12.0. The van der Waals surface area contributed by atoms with Gasteiger partial charge in [-0.25, -0.2) is 4.79 Å². The summed E-state index contributed by atoms with van der Waals surface area (Å²) in [5.41, 5.74) is 9.79. The van der Waals surface area contributed by atoms with Crippen LogP contribution in [0.2, 0.25) is 0 Å². The van der Waals surface area contributed by atoms with Gasteiger partial charge < -0.3 is 26.6 Å². The molecule has 0 fully saturated rings. The SMILES string of the molecule is C=C(O)C(CCCN=C(N)N)NC(=O)OC(C)(C)C. The normalized spacial score (nSPS) is 12.4. The van der Waals surface area contributed by atoms with Crippen molar-refractivity contribution in [2.45, 2.75) is 45.3 Å². The van der Waals surface area contributed by atoms with E-state index >= 15 is 0 Å². The Hall–Kier alpha value is -1.92. The average molecular weight is 272 g/mol. The van der Waals surface area contributed by atoms with Crippen LogP contribution in [0.5, 0.6) is 0 Å². The van der Waals surface area contributed by atoms with E-state index in [2.05, 4.69) is 16.9 Å². The van der Waals surface area contributed by atoms with E-state index in [1.807, 2.05) is 0 Å². The van der Waals surface area contributed by atoms with Gasteiger partial charge in [-0.1, -0.05) is 6.58 Å². The molecule has 1 amide bonds. The van der Waals surface area contributed by atoms with Gasteiger partial charge in [-0.3, -0.25) is 4.99 Å². The van der Waals surface area contributed by atoms with Crippen molar-refractivity contribution in [1.82, 2.24) is 5.32 Å². The number of nitrogens with one attached hydrogen (secondary N) is 1. The third kappa shape index (κ3) is 9.75. The Morgan fingerprint density at radius 1 is 1.47 bits per heavy atom. The summed E-state index contributed by atoms with van der Waals surface area (Å²) in [6, 6.07) is -0.580. The fourth-order valence-electron chi connectivity index (χ4n) is 1.28. The topological polar surface area (TPSA) is 123 Å². The first kappa shape index (κ1) is 17.1. The minimum atomic E-state index is -0.602. The molecule has 0 saturated carbocycles. The van der Waals surface area contributed by atoms with Crippen molar-refractivity contribution >= 4 is 12.1 Å². The van der Waals surface area contributed by atoms with Crippen molar-refractivity contribution in [2.75, 3.05) is 6.54 Å². The number of carbonyl (C=O) groups is 1. The van der Waals surface area contributed by atoms with Gasteiger partial charge in [0.15, 0.2) is 5.96 Å². The van der Waals surface area contributed by atoms with Gasteiger partial charge in [-0.05, 0) is 33.6 Å². The zero-order valence-corrected chi connectivity index (χ0v) is 11.8. The van der Waals surface area contributed by atoms with Crippen molar-refractivity contribution in [3.05, 3.63) is 12.3 Å². The molecule has 0 aliphatic rings. The molecular formula is C12H24N4O3. The van der Waals surface area contributed by atoms with E-state index in [1.54, 1.807) is 20.8 Å². The molecule has 1 atom stereocenters. The maximum Gasteiger partial charge on any atom is 0.408 e. The molecule has 0 heterocycles. The maximum absolute atomic E-state index is 11.6. The summed E-state index contributed by atoms with van der Waals surface area (Å²) in [7, 11) is 0. The van der Waals surface area contributed by atoms with Gasteiger partial charge in [-0.2, -0.15) is 0 Å². The second-order valence-corrected chi connectivity index (χ2v) is 5.14. The highest BCUT2D eigenvalue weighted by Crippen LogP contribution is 2.09. The number of ether oxygens (including phenoxy) is 1. The number of nitrogens with two attached hydrogens (primary N) is 2. The number of rotatable bonds is 6. The Bertz CT molecular complexity index is 343. The number of aliphatic imine (C=N–C) groups is 1.